The Kier molecular flexibility index (Phi) is 3.89. The lowest BCUT2D eigenvalue weighted by atomic mass is 10.2. The number of nitrogens with two attached hydrogens (primary N) is 1. The number of rotatable bonds is 2. The fraction of sp³-hybridized carbons (Fsp3) is 0.154. The molecule has 0 atom stereocenters. The molecule has 0 aliphatic heterocycles. The fourth-order valence-electron chi connectivity index (χ4n) is 1.58. The highest BCUT2D eigenvalue weighted by Gasteiger charge is 2.30. The van der Waals surface area contributed by atoms with Gasteiger partial charge in [0.25, 0.3) is 0 Å². The molecule has 0 bridgehead atoms. The maximum absolute atomic E-state index is 12.7. The van der Waals surface area contributed by atoms with E-state index in [4.69, 9.17) is 5.73 Å². The van der Waals surface area contributed by atoms with Crippen molar-refractivity contribution in [3.8, 4) is 0 Å². The molecule has 0 aliphatic carbocycles. The highest BCUT2D eigenvalue weighted by atomic mass is 79.9. The van der Waals surface area contributed by atoms with Crippen LogP contribution in [0.15, 0.2) is 34.8 Å². The van der Waals surface area contributed by atoms with E-state index in [2.05, 4.69) is 26.2 Å². The van der Waals surface area contributed by atoms with Gasteiger partial charge in [0.2, 0.25) is 0 Å². The van der Waals surface area contributed by atoms with Crippen molar-refractivity contribution >= 4 is 33.1 Å². The highest BCUT2D eigenvalue weighted by molar-refractivity contribution is 9.10. The Balaban J connectivity index is 2.35. The Hall–Kier alpha value is -1.76. The van der Waals surface area contributed by atoms with Crippen LogP contribution in [0, 0.1) is 6.92 Å². The van der Waals surface area contributed by atoms with E-state index >= 15 is 0 Å². The van der Waals surface area contributed by atoms with Crippen LogP contribution < -0.4 is 11.1 Å². The summed E-state index contributed by atoms with van der Waals surface area (Å²) in [6.45, 7) is 1.72. The van der Waals surface area contributed by atoms with Gasteiger partial charge in [0.05, 0.1) is 22.6 Å². The van der Waals surface area contributed by atoms with Gasteiger partial charge in [-0.15, -0.1) is 0 Å². The molecule has 3 N–H and O–H groups in total. The number of aromatic nitrogens is 1. The third-order valence-corrected chi connectivity index (χ3v) is 3.37. The summed E-state index contributed by atoms with van der Waals surface area (Å²) in [5, 5.41) is 2.84. The van der Waals surface area contributed by atoms with Crippen molar-refractivity contribution < 1.29 is 13.2 Å². The van der Waals surface area contributed by atoms with Gasteiger partial charge in [0.15, 0.2) is 0 Å². The lowest BCUT2D eigenvalue weighted by Gasteiger charge is -2.12. The van der Waals surface area contributed by atoms with Crippen LogP contribution in [0.4, 0.5) is 30.4 Å². The molecule has 2 aromatic rings. The molecule has 0 fully saturated rings. The van der Waals surface area contributed by atoms with E-state index in [9.17, 15) is 13.2 Å². The quantitative estimate of drug-likeness (QED) is 0.842. The van der Waals surface area contributed by atoms with E-state index < -0.39 is 11.7 Å². The predicted molar refractivity (Wildman–Crippen MR) is 75.8 cm³/mol. The largest absolute Gasteiger partial charge is 0.416 e. The summed E-state index contributed by atoms with van der Waals surface area (Å²) in [5.74, 6) is 0.428. The first-order valence-corrected chi connectivity index (χ1v) is 6.43. The van der Waals surface area contributed by atoms with Crippen molar-refractivity contribution in [1.82, 2.24) is 4.98 Å². The van der Waals surface area contributed by atoms with Crippen molar-refractivity contribution in [3.05, 3.63) is 46.1 Å². The highest BCUT2D eigenvalue weighted by Crippen LogP contribution is 2.34. The van der Waals surface area contributed by atoms with Crippen LogP contribution in [0.5, 0.6) is 0 Å². The summed E-state index contributed by atoms with van der Waals surface area (Å²) in [7, 11) is 0. The summed E-state index contributed by atoms with van der Waals surface area (Å²) < 4.78 is 38.6. The molecule has 0 spiro atoms. The van der Waals surface area contributed by atoms with E-state index in [-0.39, 0.29) is 5.69 Å². The Bertz CT molecular complexity index is 641. The molecule has 0 radical (unpaired) electrons. The number of aryl methyl sites for hydroxylation is 1. The molecule has 0 unspecified atom stereocenters. The molecule has 0 amide bonds. The Morgan fingerprint density at radius 3 is 2.50 bits per heavy atom. The topological polar surface area (TPSA) is 50.9 Å². The number of nitrogen functional groups attached to an aromatic ring is 1. The van der Waals surface area contributed by atoms with E-state index in [1.165, 1.54) is 6.07 Å². The standard InChI is InChI=1S/C13H11BrF3N3/c1-7-10(18)4-5-12(19-7)20-11-6-8(13(15,16)17)2-3-9(11)14/h2-6H,18H2,1H3,(H,19,20). The van der Waals surface area contributed by atoms with Gasteiger partial charge >= 0.3 is 6.18 Å². The normalized spacial score (nSPS) is 11.4. The number of hydrogen-bond donors (Lipinski definition) is 2. The summed E-state index contributed by atoms with van der Waals surface area (Å²) in [6, 6.07) is 6.63. The molecule has 20 heavy (non-hydrogen) atoms. The van der Waals surface area contributed by atoms with Gasteiger partial charge in [-0.2, -0.15) is 13.2 Å². The summed E-state index contributed by atoms with van der Waals surface area (Å²) in [5.41, 5.74) is 6.34. The number of benzene rings is 1. The summed E-state index contributed by atoms with van der Waals surface area (Å²) in [6.07, 6.45) is -4.39. The average Bonchev–Trinajstić information content (AvgIpc) is 2.35. The number of pyridine rings is 1. The number of nitrogens with one attached hydrogen (secondary N) is 1. The van der Waals surface area contributed by atoms with Crippen molar-refractivity contribution in [2.24, 2.45) is 0 Å². The second kappa shape index (κ2) is 5.32. The third-order valence-electron chi connectivity index (χ3n) is 2.68. The SMILES string of the molecule is Cc1nc(Nc2cc(C(F)(F)F)ccc2Br)ccc1N. The average molecular weight is 346 g/mol. The van der Waals surface area contributed by atoms with Gasteiger partial charge < -0.3 is 11.1 Å². The smallest absolute Gasteiger partial charge is 0.397 e. The maximum atomic E-state index is 12.7. The minimum absolute atomic E-state index is 0.288. The zero-order valence-electron chi connectivity index (χ0n) is 10.4. The lowest BCUT2D eigenvalue weighted by molar-refractivity contribution is -0.137. The van der Waals surface area contributed by atoms with E-state index in [1.807, 2.05) is 0 Å². The first-order chi connectivity index (χ1) is 9.27. The minimum Gasteiger partial charge on any atom is -0.397 e. The molecule has 0 saturated carbocycles. The second-order valence-electron chi connectivity index (χ2n) is 4.19. The van der Waals surface area contributed by atoms with Crippen LogP contribution >= 0.6 is 15.9 Å². The molecule has 7 heteroatoms. The van der Waals surface area contributed by atoms with Crippen LogP contribution in [0.1, 0.15) is 11.3 Å². The summed E-state index contributed by atoms with van der Waals surface area (Å²) >= 11 is 3.21. The molecule has 3 nitrogen and oxygen atoms in total. The molecule has 0 saturated heterocycles. The molecule has 0 aliphatic rings. The van der Waals surface area contributed by atoms with Gasteiger partial charge in [-0.05, 0) is 53.2 Å². The zero-order valence-corrected chi connectivity index (χ0v) is 12.0. The first-order valence-electron chi connectivity index (χ1n) is 5.64. The van der Waals surface area contributed by atoms with E-state index in [1.54, 1.807) is 19.1 Å². The molecule has 2 rings (SSSR count). The van der Waals surface area contributed by atoms with Crippen molar-refractivity contribution in [2.45, 2.75) is 13.1 Å². The number of alkyl halides is 3. The molecule has 1 aromatic carbocycles. The third kappa shape index (κ3) is 3.22. The van der Waals surface area contributed by atoms with E-state index in [0.29, 0.717) is 21.7 Å². The van der Waals surface area contributed by atoms with Crippen molar-refractivity contribution in [2.75, 3.05) is 11.1 Å². The Morgan fingerprint density at radius 1 is 1.20 bits per heavy atom. The summed E-state index contributed by atoms with van der Waals surface area (Å²) in [4.78, 5) is 4.16. The molecular weight excluding hydrogens is 335 g/mol. The van der Waals surface area contributed by atoms with Crippen LogP contribution in [-0.4, -0.2) is 4.98 Å². The van der Waals surface area contributed by atoms with Gasteiger partial charge in [-0.1, -0.05) is 0 Å². The molecular formula is C13H11BrF3N3. The minimum atomic E-state index is -4.39. The number of nitrogens with zero attached hydrogens (tertiary/aromatic N) is 1. The second-order valence-corrected chi connectivity index (χ2v) is 5.04. The zero-order chi connectivity index (χ0) is 14.9. The van der Waals surface area contributed by atoms with Gasteiger partial charge in [0.1, 0.15) is 5.82 Å². The number of anilines is 3. The van der Waals surface area contributed by atoms with Crippen LogP contribution in [-0.2, 0) is 6.18 Å². The van der Waals surface area contributed by atoms with Gasteiger partial charge in [-0.3, -0.25) is 0 Å². The lowest BCUT2D eigenvalue weighted by Crippen LogP contribution is -2.06. The van der Waals surface area contributed by atoms with Crippen LogP contribution in [0.3, 0.4) is 0 Å². The number of halogens is 4. The Labute approximate surface area is 122 Å². The van der Waals surface area contributed by atoms with Crippen LogP contribution in [0.2, 0.25) is 0 Å². The number of hydrogen-bond acceptors (Lipinski definition) is 3. The van der Waals surface area contributed by atoms with Crippen LogP contribution in [0.25, 0.3) is 0 Å². The van der Waals surface area contributed by atoms with E-state index in [0.717, 1.165) is 12.1 Å². The first kappa shape index (κ1) is 14.6. The van der Waals surface area contributed by atoms with Gasteiger partial charge in [0, 0.05) is 4.47 Å². The Morgan fingerprint density at radius 2 is 1.90 bits per heavy atom. The maximum Gasteiger partial charge on any atom is 0.416 e. The monoisotopic (exact) mass is 345 g/mol. The van der Waals surface area contributed by atoms with Gasteiger partial charge in [-0.25, -0.2) is 4.98 Å². The molecule has 1 aromatic heterocycles. The predicted octanol–water partition coefficient (Wildman–Crippen LogP) is 4.50. The van der Waals surface area contributed by atoms with Crippen molar-refractivity contribution in [1.29, 1.82) is 0 Å². The molecule has 1 heterocycles. The molecule has 106 valence electrons. The fourth-order valence-corrected chi connectivity index (χ4v) is 1.92. The van der Waals surface area contributed by atoms with Crippen molar-refractivity contribution in [3.63, 3.8) is 0 Å².